The SMILES string of the molecule is CNCC(C)C(=O)Nc1ccc(Cl)c(C(=O)NCc2ccccc2F)c1.Cl. The molecule has 0 fully saturated rings. The van der Waals surface area contributed by atoms with Gasteiger partial charge in [-0.05, 0) is 31.3 Å². The van der Waals surface area contributed by atoms with E-state index in [1.54, 1.807) is 38.2 Å². The lowest BCUT2D eigenvalue weighted by Crippen LogP contribution is -2.29. The molecule has 0 bridgehead atoms. The smallest absolute Gasteiger partial charge is 0.253 e. The van der Waals surface area contributed by atoms with E-state index in [4.69, 9.17) is 11.6 Å². The van der Waals surface area contributed by atoms with Crippen molar-refractivity contribution in [3.05, 3.63) is 64.4 Å². The van der Waals surface area contributed by atoms with E-state index in [0.717, 1.165) is 0 Å². The monoisotopic (exact) mass is 413 g/mol. The molecule has 0 heterocycles. The number of amides is 2. The summed E-state index contributed by atoms with van der Waals surface area (Å²) in [6, 6.07) is 10.9. The lowest BCUT2D eigenvalue weighted by molar-refractivity contribution is -0.119. The van der Waals surface area contributed by atoms with Crippen molar-refractivity contribution in [1.82, 2.24) is 10.6 Å². The minimum absolute atomic E-state index is 0. The van der Waals surface area contributed by atoms with Gasteiger partial charge in [0.15, 0.2) is 0 Å². The van der Waals surface area contributed by atoms with Crippen LogP contribution < -0.4 is 16.0 Å². The summed E-state index contributed by atoms with van der Waals surface area (Å²) in [5.41, 5.74) is 1.06. The Balaban J connectivity index is 0.00000364. The predicted octanol–water partition coefficient (Wildman–Crippen LogP) is 3.62. The molecule has 2 amide bonds. The van der Waals surface area contributed by atoms with Gasteiger partial charge in [0.25, 0.3) is 5.91 Å². The second kappa shape index (κ2) is 10.9. The minimum Gasteiger partial charge on any atom is -0.348 e. The summed E-state index contributed by atoms with van der Waals surface area (Å²) in [5, 5.41) is 8.57. The van der Waals surface area contributed by atoms with Crippen LogP contribution in [0.25, 0.3) is 0 Å². The molecule has 0 aliphatic heterocycles. The summed E-state index contributed by atoms with van der Waals surface area (Å²) >= 11 is 6.10. The fraction of sp³-hybridized carbons (Fsp3) is 0.263. The maximum Gasteiger partial charge on any atom is 0.253 e. The first-order valence-electron chi connectivity index (χ1n) is 8.19. The molecule has 0 radical (unpaired) electrons. The van der Waals surface area contributed by atoms with Crippen LogP contribution in [0.2, 0.25) is 5.02 Å². The fourth-order valence-corrected chi connectivity index (χ4v) is 2.56. The molecule has 2 aromatic rings. The number of benzene rings is 2. The van der Waals surface area contributed by atoms with Gasteiger partial charge in [-0.2, -0.15) is 0 Å². The predicted molar refractivity (Wildman–Crippen MR) is 108 cm³/mol. The van der Waals surface area contributed by atoms with Crippen LogP contribution in [0.1, 0.15) is 22.8 Å². The molecule has 2 rings (SSSR count). The van der Waals surface area contributed by atoms with E-state index in [0.29, 0.717) is 17.8 Å². The second-order valence-electron chi connectivity index (χ2n) is 5.92. The van der Waals surface area contributed by atoms with Crippen molar-refractivity contribution >= 4 is 41.5 Å². The van der Waals surface area contributed by atoms with Crippen LogP contribution in [0.4, 0.5) is 10.1 Å². The number of anilines is 1. The highest BCUT2D eigenvalue weighted by atomic mass is 35.5. The molecule has 0 saturated heterocycles. The van der Waals surface area contributed by atoms with Crippen molar-refractivity contribution in [2.45, 2.75) is 13.5 Å². The first kappa shape index (κ1) is 22.9. The lowest BCUT2D eigenvalue weighted by atomic mass is 10.1. The molecule has 0 saturated carbocycles. The van der Waals surface area contributed by atoms with Gasteiger partial charge in [0.1, 0.15) is 5.82 Å². The van der Waals surface area contributed by atoms with Crippen molar-refractivity contribution in [3.63, 3.8) is 0 Å². The third-order valence-electron chi connectivity index (χ3n) is 3.83. The summed E-state index contributed by atoms with van der Waals surface area (Å²) in [6.45, 7) is 2.37. The maximum atomic E-state index is 13.6. The van der Waals surface area contributed by atoms with Crippen LogP contribution in [0.3, 0.4) is 0 Å². The molecular weight excluding hydrogens is 392 g/mol. The van der Waals surface area contributed by atoms with Gasteiger partial charge < -0.3 is 16.0 Å². The largest absolute Gasteiger partial charge is 0.348 e. The van der Waals surface area contributed by atoms with E-state index in [9.17, 15) is 14.0 Å². The van der Waals surface area contributed by atoms with E-state index in [1.807, 2.05) is 0 Å². The number of hydrogen-bond acceptors (Lipinski definition) is 3. The van der Waals surface area contributed by atoms with E-state index in [1.165, 1.54) is 18.2 Å². The Morgan fingerprint density at radius 1 is 1.19 bits per heavy atom. The van der Waals surface area contributed by atoms with Crippen LogP contribution in [0.15, 0.2) is 42.5 Å². The zero-order valence-corrected chi connectivity index (χ0v) is 16.6. The molecular formula is C19H22Cl2FN3O2. The summed E-state index contributed by atoms with van der Waals surface area (Å²) in [5.74, 6) is -1.23. The molecule has 5 nitrogen and oxygen atoms in total. The van der Waals surface area contributed by atoms with E-state index in [-0.39, 0.29) is 41.4 Å². The van der Waals surface area contributed by atoms with Gasteiger partial charge in [-0.25, -0.2) is 4.39 Å². The molecule has 27 heavy (non-hydrogen) atoms. The Morgan fingerprint density at radius 3 is 2.56 bits per heavy atom. The molecule has 3 N–H and O–H groups in total. The highest BCUT2D eigenvalue weighted by molar-refractivity contribution is 6.34. The van der Waals surface area contributed by atoms with Gasteiger partial charge in [-0.15, -0.1) is 12.4 Å². The maximum absolute atomic E-state index is 13.6. The number of carbonyl (C=O) groups excluding carboxylic acids is 2. The summed E-state index contributed by atoms with van der Waals surface area (Å²) in [4.78, 5) is 24.5. The summed E-state index contributed by atoms with van der Waals surface area (Å²) in [7, 11) is 1.77. The second-order valence-corrected chi connectivity index (χ2v) is 6.32. The molecule has 0 aliphatic carbocycles. The Kier molecular flexibility index (Phi) is 9.21. The standard InChI is InChI=1S/C19H21ClFN3O2.ClH/c1-12(10-22-2)18(25)24-14-7-8-16(20)15(9-14)19(26)23-11-13-5-3-4-6-17(13)21;/h3-9,12,22H,10-11H2,1-2H3,(H,23,26)(H,24,25);1H. The zero-order valence-electron chi connectivity index (χ0n) is 15.0. The van der Waals surface area contributed by atoms with E-state index >= 15 is 0 Å². The highest BCUT2D eigenvalue weighted by Crippen LogP contribution is 2.21. The summed E-state index contributed by atoms with van der Waals surface area (Å²) < 4.78 is 13.6. The highest BCUT2D eigenvalue weighted by Gasteiger charge is 2.15. The minimum atomic E-state index is -0.447. The average Bonchev–Trinajstić information content (AvgIpc) is 2.62. The van der Waals surface area contributed by atoms with Crippen LogP contribution in [0, 0.1) is 11.7 Å². The van der Waals surface area contributed by atoms with E-state index in [2.05, 4.69) is 16.0 Å². The molecule has 1 atom stereocenters. The number of halogens is 3. The lowest BCUT2D eigenvalue weighted by Gasteiger charge is -2.13. The first-order valence-corrected chi connectivity index (χ1v) is 8.56. The Labute approximate surface area is 169 Å². The van der Waals surface area contributed by atoms with Crippen molar-refractivity contribution in [2.24, 2.45) is 5.92 Å². The molecule has 146 valence electrons. The Bertz CT molecular complexity index is 802. The number of hydrogen-bond donors (Lipinski definition) is 3. The molecule has 8 heteroatoms. The average molecular weight is 414 g/mol. The summed E-state index contributed by atoms with van der Waals surface area (Å²) in [6.07, 6.45) is 0. The van der Waals surface area contributed by atoms with Gasteiger partial charge in [-0.3, -0.25) is 9.59 Å². The van der Waals surface area contributed by atoms with Gasteiger partial charge in [0.05, 0.1) is 10.6 Å². The fourth-order valence-electron chi connectivity index (χ4n) is 2.35. The topological polar surface area (TPSA) is 70.2 Å². The van der Waals surface area contributed by atoms with Gasteiger partial charge in [0.2, 0.25) is 5.91 Å². The normalized spacial score (nSPS) is 11.3. The van der Waals surface area contributed by atoms with E-state index < -0.39 is 11.7 Å². The zero-order chi connectivity index (χ0) is 19.1. The third kappa shape index (κ3) is 6.50. The van der Waals surface area contributed by atoms with Crippen LogP contribution in [-0.2, 0) is 11.3 Å². The number of rotatable bonds is 7. The van der Waals surface area contributed by atoms with Crippen molar-refractivity contribution in [1.29, 1.82) is 0 Å². The number of nitrogens with one attached hydrogen (secondary N) is 3. The number of carbonyl (C=O) groups is 2. The molecule has 2 aromatic carbocycles. The quantitative estimate of drug-likeness (QED) is 0.648. The van der Waals surface area contributed by atoms with Gasteiger partial charge in [-0.1, -0.05) is 36.7 Å². The van der Waals surface area contributed by atoms with Crippen LogP contribution in [-0.4, -0.2) is 25.4 Å². The van der Waals surface area contributed by atoms with Crippen molar-refractivity contribution in [2.75, 3.05) is 18.9 Å². The Hall–Kier alpha value is -2.15. The molecule has 1 unspecified atom stereocenters. The first-order chi connectivity index (χ1) is 12.4. The van der Waals surface area contributed by atoms with Crippen molar-refractivity contribution in [3.8, 4) is 0 Å². The van der Waals surface area contributed by atoms with Gasteiger partial charge in [0, 0.05) is 30.3 Å². The van der Waals surface area contributed by atoms with Gasteiger partial charge >= 0.3 is 0 Å². The third-order valence-corrected chi connectivity index (χ3v) is 4.16. The van der Waals surface area contributed by atoms with Crippen molar-refractivity contribution < 1.29 is 14.0 Å². The molecule has 0 aliphatic rings. The van der Waals surface area contributed by atoms with Crippen LogP contribution >= 0.6 is 24.0 Å². The molecule has 0 aromatic heterocycles. The van der Waals surface area contributed by atoms with Crippen LogP contribution in [0.5, 0.6) is 0 Å². The Morgan fingerprint density at radius 2 is 1.89 bits per heavy atom. The molecule has 0 spiro atoms.